The van der Waals surface area contributed by atoms with Gasteiger partial charge in [0, 0.05) is 24.9 Å². The molecule has 27 heavy (non-hydrogen) atoms. The molecule has 0 aromatic heterocycles. The molecule has 2 aromatic rings. The van der Waals surface area contributed by atoms with Crippen LogP contribution >= 0.6 is 0 Å². The largest absolute Gasteiger partial charge is 0.445 e. The summed E-state index contributed by atoms with van der Waals surface area (Å²) < 4.78 is 5.54. The first kappa shape index (κ1) is 17.8. The lowest BCUT2D eigenvalue weighted by Crippen LogP contribution is -2.53. The van der Waals surface area contributed by atoms with Crippen molar-refractivity contribution >= 4 is 11.7 Å². The van der Waals surface area contributed by atoms with Crippen molar-refractivity contribution in [2.24, 2.45) is 0 Å². The second-order valence-corrected chi connectivity index (χ2v) is 7.62. The topological polar surface area (TPSA) is 49.8 Å². The number of hydrogen-bond donors (Lipinski definition) is 1. The number of carbonyl (C=O) groups excluding carboxylic acids is 1. The fourth-order valence-corrected chi connectivity index (χ4v) is 4.47. The quantitative estimate of drug-likeness (QED) is 0.876. The summed E-state index contributed by atoms with van der Waals surface area (Å²) in [5, 5.41) is 11.3. The molecule has 0 aliphatic carbocycles. The highest BCUT2D eigenvalue weighted by atomic mass is 16.6. The van der Waals surface area contributed by atoms with E-state index in [9.17, 15) is 9.90 Å². The third-order valence-corrected chi connectivity index (χ3v) is 5.87. The average molecular weight is 363 g/mol. The van der Waals surface area contributed by atoms with Crippen molar-refractivity contribution in [2.75, 3.05) is 0 Å². The van der Waals surface area contributed by atoms with Gasteiger partial charge in [-0.2, -0.15) is 0 Å². The van der Waals surface area contributed by atoms with Gasteiger partial charge in [-0.1, -0.05) is 67.2 Å². The molecule has 140 valence electrons. The highest BCUT2D eigenvalue weighted by molar-refractivity contribution is 5.73. The third kappa shape index (κ3) is 3.50. The summed E-state index contributed by atoms with van der Waals surface area (Å²) in [7, 11) is 0. The molecule has 2 heterocycles. The van der Waals surface area contributed by atoms with Crippen molar-refractivity contribution in [1.82, 2.24) is 4.90 Å². The molecule has 4 rings (SSSR count). The van der Waals surface area contributed by atoms with E-state index in [1.54, 1.807) is 0 Å². The maximum atomic E-state index is 12.7. The van der Waals surface area contributed by atoms with Crippen LogP contribution < -0.4 is 0 Å². The Balaban J connectivity index is 1.44. The Morgan fingerprint density at radius 2 is 1.59 bits per heavy atom. The Labute approximate surface area is 160 Å². The number of rotatable bonds is 4. The SMILES string of the molecule is C=C(c1ccccc1)C1(O)CC2CCC(C1)N2C(=O)OCc1ccccc1. The van der Waals surface area contributed by atoms with E-state index in [-0.39, 0.29) is 24.8 Å². The summed E-state index contributed by atoms with van der Waals surface area (Å²) in [5.74, 6) is 0. The molecule has 2 aliphatic heterocycles. The zero-order valence-corrected chi connectivity index (χ0v) is 15.4. The number of piperidine rings is 1. The van der Waals surface area contributed by atoms with Gasteiger partial charge in [0.1, 0.15) is 6.61 Å². The Morgan fingerprint density at radius 1 is 1.04 bits per heavy atom. The summed E-state index contributed by atoms with van der Waals surface area (Å²) in [6, 6.07) is 19.5. The van der Waals surface area contributed by atoms with Crippen LogP contribution in [0, 0.1) is 0 Å². The number of nitrogens with zero attached hydrogens (tertiary/aromatic N) is 1. The van der Waals surface area contributed by atoms with E-state index >= 15 is 0 Å². The molecule has 0 spiro atoms. The molecule has 0 radical (unpaired) electrons. The second kappa shape index (κ2) is 7.20. The van der Waals surface area contributed by atoms with Gasteiger partial charge in [-0.25, -0.2) is 4.79 Å². The first-order valence-corrected chi connectivity index (χ1v) is 9.53. The van der Waals surface area contributed by atoms with Gasteiger partial charge >= 0.3 is 6.09 Å². The van der Waals surface area contributed by atoms with E-state index in [0.29, 0.717) is 12.8 Å². The minimum Gasteiger partial charge on any atom is -0.445 e. The molecule has 1 amide bonds. The van der Waals surface area contributed by atoms with Gasteiger partial charge in [-0.05, 0) is 29.5 Å². The molecule has 2 fully saturated rings. The lowest BCUT2D eigenvalue weighted by molar-refractivity contribution is -0.0119. The number of fused-ring (bicyclic) bond motifs is 2. The highest BCUT2D eigenvalue weighted by Gasteiger charge is 2.51. The lowest BCUT2D eigenvalue weighted by atomic mass is 9.78. The van der Waals surface area contributed by atoms with Crippen LogP contribution in [-0.4, -0.2) is 33.8 Å². The van der Waals surface area contributed by atoms with Crippen LogP contribution in [0.2, 0.25) is 0 Å². The fourth-order valence-electron chi connectivity index (χ4n) is 4.47. The summed E-state index contributed by atoms with van der Waals surface area (Å²) in [6.45, 7) is 4.45. The van der Waals surface area contributed by atoms with Crippen LogP contribution in [0.1, 0.15) is 36.8 Å². The van der Waals surface area contributed by atoms with E-state index in [1.165, 1.54) is 0 Å². The van der Waals surface area contributed by atoms with Crippen LogP contribution in [-0.2, 0) is 11.3 Å². The molecule has 2 atom stereocenters. The summed E-state index contributed by atoms with van der Waals surface area (Å²) in [4.78, 5) is 14.5. The normalized spacial score (nSPS) is 26.6. The summed E-state index contributed by atoms with van der Waals surface area (Å²) >= 11 is 0. The molecular weight excluding hydrogens is 338 g/mol. The number of amides is 1. The van der Waals surface area contributed by atoms with Crippen LogP contribution in [0.15, 0.2) is 67.2 Å². The predicted octanol–water partition coefficient (Wildman–Crippen LogP) is 4.39. The third-order valence-electron chi connectivity index (χ3n) is 5.87. The number of benzene rings is 2. The minimum absolute atomic E-state index is 0.00233. The molecule has 4 heteroatoms. The molecule has 2 bridgehead atoms. The Bertz CT molecular complexity index is 804. The average Bonchev–Trinajstić information content (AvgIpc) is 2.99. The molecular formula is C23H25NO3. The number of hydrogen-bond acceptors (Lipinski definition) is 3. The van der Waals surface area contributed by atoms with Crippen molar-refractivity contribution in [3.63, 3.8) is 0 Å². The van der Waals surface area contributed by atoms with Crippen molar-refractivity contribution in [3.8, 4) is 0 Å². The number of carbonyl (C=O) groups is 1. The smallest absolute Gasteiger partial charge is 0.410 e. The Kier molecular flexibility index (Phi) is 4.75. The van der Waals surface area contributed by atoms with Crippen molar-refractivity contribution in [1.29, 1.82) is 0 Å². The second-order valence-electron chi connectivity index (χ2n) is 7.62. The molecule has 0 saturated carbocycles. The number of ether oxygens (including phenoxy) is 1. The maximum absolute atomic E-state index is 12.7. The van der Waals surface area contributed by atoms with Crippen LogP contribution in [0.25, 0.3) is 5.57 Å². The van der Waals surface area contributed by atoms with E-state index in [0.717, 1.165) is 29.5 Å². The van der Waals surface area contributed by atoms with Gasteiger partial charge in [0.2, 0.25) is 0 Å². The van der Waals surface area contributed by atoms with Crippen molar-refractivity contribution < 1.29 is 14.6 Å². The van der Waals surface area contributed by atoms with Crippen LogP contribution in [0.5, 0.6) is 0 Å². The Hall–Kier alpha value is -2.59. The molecule has 2 unspecified atom stereocenters. The van der Waals surface area contributed by atoms with E-state index in [2.05, 4.69) is 6.58 Å². The molecule has 4 nitrogen and oxygen atoms in total. The van der Waals surface area contributed by atoms with Gasteiger partial charge in [0.25, 0.3) is 0 Å². The van der Waals surface area contributed by atoms with E-state index < -0.39 is 5.60 Å². The van der Waals surface area contributed by atoms with Crippen molar-refractivity contribution in [3.05, 3.63) is 78.4 Å². The highest BCUT2D eigenvalue weighted by Crippen LogP contribution is 2.46. The van der Waals surface area contributed by atoms with E-state index in [1.807, 2.05) is 65.6 Å². The first-order valence-electron chi connectivity index (χ1n) is 9.53. The first-order chi connectivity index (χ1) is 13.1. The number of aliphatic hydroxyl groups is 1. The van der Waals surface area contributed by atoms with E-state index in [4.69, 9.17) is 4.74 Å². The van der Waals surface area contributed by atoms with Gasteiger partial charge in [-0.3, -0.25) is 0 Å². The Morgan fingerprint density at radius 3 is 2.19 bits per heavy atom. The van der Waals surface area contributed by atoms with Gasteiger partial charge in [-0.15, -0.1) is 0 Å². The van der Waals surface area contributed by atoms with Crippen molar-refractivity contribution in [2.45, 2.75) is 50.0 Å². The lowest BCUT2D eigenvalue weighted by Gasteiger charge is -2.44. The standard InChI is InChI=1S/C23H25NO3/c1-17(19-10-6-3-7-11-19)23(26)14-20-12-13-21(15-23)24(20)22(25)27-16-18-8-4-2-5-9-18/h2-11,20-21,26H,1,12-16H2. The molecule has 2 saturated heterocycles. The zero-order chi connectivity index (χ0) is 18.9. The van der Waals surface area contributed by atoms with Gasteiger partial charge in [0.15, 0.2) is 0 Å². The molecule has 1 N–H and O–H groups in total. The maximum Gasteiger partial charge on any atom is 0.410 e. The molecule has 2 aliphatic rings. The monoisotopic (exact) mass is 363 g/mol. The van der Waals surface area contributed by atoms with Gasteiger partial charge < -0.3 is 14.7 Å². The predicted molar refractivity (Wildman–Crippen MR) is 105 cm³/mol. The summed E-state index contributed by atoms with van der Waals surface area (Å²) in [5.41, 5.74) is 1.71. The van der Waals surface area contributed by atoms with Crippen LogP contribution in [0.4, 0.5) is 4.79 Å². The molecule has 2 aromatic carbocycles. The van der Waals surface area contributed by atoms with Gasteiger partial charge in [0.05, 0.1) is 5.60 Å². The minimum atomic E-state index is -0.969. The fraction of sp³-hybridized carbons (Fsp3) is 0.348. The zero-order valence-electron chi connectivity index (χ0n) is 15.4. The summed E-state index contributed by atoms with van der Waals surface area (Å²) in [6.07, 6.45) is 2.54. The van der Waals surface area contributed by atoms with Crippen LogP contribution in [0.3, 0.4) is 0 Å².